The molecule has 0 radical (unpaired) electrons. The van der Waals surface area contributed by atoms with E-state index >= 15 is 0 Å². The molecule has 0 fully saturated rings. The minimum atomic E-state index is -0.435. The summed E-state index contributed by atoms with van der Waals surface area (Å²) in [4.78, 5) is 34.7. The van der Waals surface area contributed by atoms with Crippen molar-refractivity contribution in [2.75, 3.05) is 4.90 Å². The first-order valence-electron chi connectivity index (χ1n) is 18.5. The number of para-hydroxylation sites is 2. The molecule has 2 atom stereocenters. The van der Waals surface area contributed by atoms with Crippen LogP contribution < -0.4 is 4.90 Å². The molecule has 2 unspecified atom stereocenters. The SMILES string of the molecule is CC12C=CC=CC1N(c1ccccc1)c1ccc(-c3ccc4c5ccccc5n(-c5nc(-c6ccc([N+](=O)[O-])cc6)cc(-c6ccc([N+](=O)[O-])cc6)n5)c4c3)cc12. The second kappa shape index (κ2) is 13.0. The van der Waals surface area contributed by atoms with E-state index in [9.17, 15) is 20.2 Å². The van der Waals surface area contributed by atoms with Crippen LogP contribution in [0.4, 0.5) is 22.7 Å². The van der Waals surface area contributed by atoms with E-state index in [2.05, 4.69) is 107 Å². The van der Waals surface area contributed by atoms with Gasteiger partial charge in [0.1, 0.15) is 0 Å². The Balaban J connectivity index is 1.16. The van der Waals surface area contributed by atoms with Crippen LogP contribution in [0.2, 0.25) is 0 Å². The van der Waals surface area contributed by atoms with Gasteiger partial charge in [0.25, 0.3) is 11.4 Å². The van der Waals surface area contributed by atoms with Gasteiger partial charge in [0.2, 0.25) is 5.95 Å². The van der Waals surface area contributed by atoms with Crippen molar-refractivity contribution in [3.05, 3.63) is 196 Å². The van der Waals surface area contributed by atoms with Crippen LogP contribution in [0.25, 0.3) is 61.4 Å². The van der Waals surface area contributed by atoms with Crippen molar-refractivity contribution in [2.24, 2.45) is 0 Å². The highest BCUT2D eigenvalue weighted by Gasteiger charge is 2.46. The third-order valence-electron chi connectivity index (χ3n) is 11.3. The second-order valence-electron chi connectivity index (χ2n) is 14.5. The van der Waals surface area contributed by atoms with Crippen molar-refractivity contribution in [1.82, 2.24) is 14.5 Å². The molecule has 1 aliphatic carbocycles. The van der Waals surface area contributed by atoms with Crippen LogP contribution in [0.15, 0.2) is 170 Å². The van der Waals surface area contributed by atoms with Crippen molar-refractivity contribution in [3.8, 4) is 39.6 Å². The van der Waals surface area contributed by atoms with Gasteiger partial charge in [-0.05, 0) is 90.3 Å². The minimum Gasteiger partial charge on any atom is -0.333 e. The zero-order chi connectivity index (χ0) is 38.8. The molecule has 0 amide bonds. The number of aromatic nitrogens is 3. The number of fused-ring (bicyclic) bond motifs is 6. The number of non-ortho nitro benzene ring substituents is 2. The number of anilines is 2. The van der Waals surface area contributed by atoms with Gasteiger partial charge in [0, 0.05) is 63.0 Å². The first-order chi connectivity index (χ1) is 27.8. The third-order valence-corrected chi connectivity index (χ3v) is 11.3. The van der Waals surface area contributed by atoms with Crippen molar-refractivity contribution >= 4 is 44.6 Å². The van der Waals surface area contributed by atoms with Gasteiger partial charge in [0.15, 0.2) is 0 Å². The lowest BCUT2D eigenvalue weighted by Crippen LogP contribution is -2.39. The molecule has 8 aromatic rings. The van der Waals surface area contributed by atoms with Crippen LogP contribution in [-0.2, 0) is 5.41 Å². The highest BCUT2D eigenvalue weighted by molar-refractivity contribution is 6.10. The molecular formula is C47H32N6O4. The zero-order valence-corrected chi connectivity index (χ0v) is 30.6. The van der Waals surface area contributed by atoms with Crippen LogP contribution in [0, 0.1) is 20.2 Å². The zero-order valence-electron chi connectivity index (χ0n) is 30.6. The molecule has 1 aliphatic heterocycles. The maximum atomic E-state index is 11.5. The highest BCUT2D eigenvalue weighted by Crippen LogP contribution is 2.52. The van der Waals surface area contributed by atoms with Gasteiger partial charge >= 0.3 is 0 Å². The molecule has 3 heterocycles. The van der Waals surface area contributed by atoms with Gasteiger partial charge < -0.3 is 4.90 Å². The third kappa shape index (κ3) is 5.49. The van der Waals surface area contributed by atoms with E-state index in [1.807, 2.05) is 24.3 Å². The van der Waals surface area contributed by atoms with Crippen LogP contribution in [0.1, 0.15) is 12.5 Å². The number of allylic oxidation sites excluding steroid dienone is 2. The number of hydrogen-bond donors (Lipinski definition) is 0. The van der Waals surface area contributed by atoms with Gasteiger partial charge in [-0.15, -0.1) is 0 Å². The standard InChI is InChI=1S/C47H32N6O4/c1-47-26-8-7-13-45(47)50(34-9-3-2-4-10-34)43-25-19-32(27-39(43)47)33-18-24-38-37-11-5-6-12-42(37)51(44(38)28-33)46-48-40(30-14-20-35(21-15-30)52(54)55)29-41(49-46)31-16-22-36(23-17-31)53(56)57/h2-29,45H,1H3. The molecule has 0 spiro atoms. The average Bonchev–Trinajstić information content (AvgIpc) is 3.72. The van der Waals surface area contributed by atoms with Gasteiger partial charge in [0.05, 0.1) is 38.3 Å². The summed E-state index contributed by atoms with van der Waals surface area (Å²) in [6.07, 6.45) is 8.87. The summed E-state index contributed by atoms with van der Waals surface area (Å²) in [5.41, 5.74) is 9.62. The van der Waals surface area contributed by atoms with Gasteiger partial charge in [-0.1, -0.05) is 78.9 Å². The van der Waals surface area contributed by atoms with Crippen molar-refractivity contribution in [2.45, 2.75) is 18.4 Å². The fourth-order valence-electron chi connectivity index (χ4n) is 8.43. The molecule has 10 rings (SSSR count). The van der Waals surface area contributed by atoms with Crippen molar-refractivity contribution in [3.63, 3.8) is 0 Å². The molecule has 0 bridgehead atoms. The minimum absolute atomic E-state index is 0.0293. The molecule has 10 nitrogen and oxygen atoms in total. The van der Waals surface area contributed by atoms with Crippen LogP contribution in [0.5, 0.6) is 0 Å². The Morgan fingerprint density at radius 2 is 1.18 bits per heavy atom. The Morgan fingerprint density at radius 3 is 1.84 bits per heavy atom. The monoisotopic (exact) mass is 744 g/mol. The molecule has 10 heteroatoms. The molecule has 57 heavy (non-hydrogen) atoms. The van der Waals surface area contributed by atoms with Crippen molar-refractivity contribution in [1.29, 1.82) is 0 Å². The smallest absolute Gasteiger partial charge is 0.269 e. The van der Waals surface area contributed by atoms with Gasteiger partial charge in [-0.25, -0.2) is 9.97 Å². The summed E-state index contributed by atoms with van der Waals surface area (Å²) in [7, 11) is 0. The number of benzene rings is 6. The first kappa shape index (κ1) is 33.8. The quantitative estimate of drug-likeness (QED) is 0.118. The highest BCUT2D eigenvalue weighted by atomic mass is 16.6. The van der Waals surface area contributed by atoms with Gasteiger partial charge in [-0.3, -0.25) is 24.8 Å². The van der Waals surface area contributed by atoms with E-state index in [-0.39, 0.29) is 22.8 Å². The molecular weight excluding hydrogens is 713 g/mol. The molecule has 2 aliphatic rings. The lowest BCUT2D eigenvalue weighted by atomic mass is 9.75. The molecule has 6 aromatic carbocycles. The van der Waals surface area contributed by atoms with E-state index in [1.54, 1.807) is 30.3 Å². The summed E-state index contributed by atoms with van der Waals surface area (Å²) in [5, 5.41) is 25.0. The number of rotatable bonds is 7. The molecule has 0 N–H and O–H groups in total. The summed E-state index contributed by atoms with van der Waals surface area (Å²) in [6, 6.07) is 46.3. The van der Waals surface area contributed by atoms with E-state index in [1.165, 1.54) is 35.5 Å². The summed E-state index contributed by atoms with van der Waals surface area (Å²) in [6.45, 7) is 2.31. The van der Waals surface area contributed by atoms with Crippen LogP contribution in [0.3, 0.4) is 0 Å². The fraction of sp³-hybridized carbons (Fsp3) is 0.0638. The van der Waals surface area contributed by atoms with E-state index in [4.69, 9.17) is 9.97 Å². The molecule has 274 valence electrons. The van der Waals surface area contributed by atoms with Gasteiger partial charge in [-0.2, -0.15) is 0 Å². The Hall–Kier alpha value is -7.72. The Kier molecular flexibility index (Phi) is 7.69. The average molecular weight is 745 g/mol. The Morgan fingerprint density at radius 1 is 0.596 bits per heavy atom. The number of nitrogens with zero attached hydrogens (tertiary/aromatic N) is 6. The second-order valence-corrected chi connectivity index (χ2v) is 14.5. The lowest BCUT2D eigenvalue weighted by Gasteiger charge is -2.34. The predicted octanol–water partition coefficient (Wildman–Crippen LogP) is 11.3. The maximum Gasteiger partial charge on any atom is 0.269 e. The molecule has 0 saturated carbocycles. The fourth-order valence-corrected chi connectivity index (χ4v) is 8.43. The maximum absolute atomic E-state index is 11.5. The molecule has 0 saturated heterocycles. The largest absolute Gasteiger partial charge is 0.333 e. The predicted molar refractivity (Wildman–Crippen MR) is 224 cm³/mol. The summed E-state index contributed by atoms with van der Waals surface area (Å²) >= 11 is 0. The number of nitro groups is 2. The molecule has 2 aromatic heterocycles. The Labute approximate surface area is 326 Å². The van der Waals surface area contributed by atoms with Crippen LogP contribution >= 0.6 is 0 Å². The number of hydrogen-bond acceptors (Lipinski definition) is 7. The summed E-state index contributed by atoms with van der Waals surface area (Å²) < 4.78 is 2.05. The normalized spacial score (nSPS) is 16.9. The van der Waals surface area contributed by atoms with E-state index in [0.717, 1.165) is 38.6 Å². The lowest BCUT2D eigenvalue weighted by molar-refractivity contribution is -0.385. The van der Waals surface area contributed by atoms with Crippen molar-refractivity contribution < 1.29 is 9.85 Å². The Bertz CT molecular complexity index is 2920. The van der Waals surface area contributed by atoms with E-state index < -0.39 is 9.85 Å². The summed E-state index contributed by atoms with van der Waals surface area (Å²) in [5.74, 6) is 0.393. The number of nitro benzene ring substituents is 2. The topological polar surface area (TPSA) is 120 Å². The van der Waals surface area contributed by atoms with Crippen LogP contribution in [-0.4, -0.2) is 30.4 Å². The van der Waals surface area contributed by atoms with E-state index in [0.29, 0.717) is 28.5 Å². The first-order valence-corrected chi connectivity index (χ1v) is 18.5.